The molecular weight excluding hydrogens is 288 g/mol. The first-order valence-corrected chi connectivity index (χ1v) is 7.35. The lowest BCUT2D eigenvalue weighted by Gasteiger charge is -2.06. The zero-order valence-corrected chi connectivity index (χ0v) is 12.9. The fraction of sp³-hybridized carbons (Fsp3) is 0.267. The molecule has 0 saturated carbocycles. The van der Waals surface area contributed by atoms with Crippen LogP contribution in [0.15, 0.2) is 18.3 Å². The maximum absolute atomic E-state index is 12.3. The molecule has 2 N–H and O–H groups in total. The number of carbonyl (C=O) groups is 2. The van der Waals surface area contributed by atoms with Crippen LogP contribution in [-0.2, 0) is 6.42 Å². The summed E-state index contributed by atoms with van der Waals surface area (Å²) in [7, 11) is 0. The maximum atomic E-state index is 12.3. The molecule has 2 aromatic rings. The van der Waals surface area contributed by atoms with E-state index >= 15 is 0 Å². The van der Waals surface area contributed by atoms with Crippen LogP contribution in [0, 0.1) is 13.8 Å². The minimum atomic E-state index is -1.02. The number of aromatic nitrogens is 1. The zero-order chi connectivity index (χ0) is 15.6. The lowest BCUT2D eigenvalue weighted by atomic mass is 10.1. The largest absolute Gasteiger partial charge is 0.478 e. The van der Waals surface area contributed by atoms with Crippen LogP contribution >= 0.6 is 11.3 Å². The summed E-state index contributed by atoms with van der Waals surface area (Å²) in [6.07, 6.45) is 2.15. The van der Waals surface area contributed by atoms with Crippen molar-refractivity contribution >= 4 is 28.2 Å². The van der Waals surface area contributed by atoms with Crippen LogP contribution < -0.4 is 5.32 Å². The lowest BCUT2D eigenvalue weighted by molar-refractivity contribution is 0.0697. The van der Waals surface area contributed by atoms with E-state index in [1.807, 2.05) is 13.8 Å². The Morgan fingerprint density at radius 3 is 2.67 bits per heavy atom. The average molecular weight is 304 g/mol. The number of hydrogen-bond donors (Lipinski definition) is 2. The Hall–Kier alpha value is -2.21. The van der Waals surface area contributed by atoms with E-state index in [1.54, 1.807) is 19.1 Å². The molecule has 0 unspecified atom stereocenters. The van der Waals surface area contributed by atoms with E-state index in [4.69, 9.17) is 0 Å². The molecule has 0 radical (unpaired) electrons. The summed E-state index contributed by atoms with van der Waals surface area (Å²) in [5, 5.41) is 12.4. The number of hydrogen-bond acceptors (Lipinski definition) is 4. The third kappa shape index (κ3) is 2.95. The number of pyridine rings is 1. The van der Waals surface area contributed by atoms with Crippen LogP contribution in [0.2, 0.25) is 0 Å². The van der Waals surface area contributed by atoms with Gasteiger partial charge in [0.05, 0.1) is 5.56 Å². The van der Waals surface area contributed by atoms with Crippen LogP contribution in [0.1, 0.15) is 43.8 Å². The van der Waals surface area contributed by atoms with Gasteiger partial charge in [-0.25, -0.2) is 4.79 Å². The summed E-state index contributed by atoms with van der Waals surface area (Å²) in [6, 6.07) is 3.54. The van der Waals surface area contributed by atoms with Crippen LogP contribution in [-0.4, -0.2) is 22.0 Å². The molecule has 0 aromatic carbocycles. The molecule has 0 aliphatic heterocycles. The molecule has 21 heavy (non-hydrogen) atoms. The van der Waals surface area contributed by atoms with Gasteiger partial charge < -0.3 is 10.4 Å². The highest BCUT2D eigenvalue weighted by atomic mass is 32.1. The first kappa shape index (κ1) is 15.2. The van der Waals surface area contributed by atoms with E-state index in [1.165, 1.54) is 17.5 Å². The van der Waals surface area contributed by atoms with Gasteiger partial charge in [-0.1, -0.05) is 13.0 Å². The molecule has 0 bridgehead atoms. The van der Waals surface area contributed by atoms with Gasteiger partial charge in [-0.3, -0.25) is 9.78 Å². The van der Waals surface area contributed by atoms with Crippen molar-refractivity contribution in [1.82, 2.24) is 4.98 Å². The second-order valence-electron chi connectivity index (χ2n) is 4.62. The van der Waals surface area contributed by atoms with E-state index in [9.17, 15) is 14.7 Å². The summed E-state index contributed by atoms with van der Waals surface area (Å²) in [4.78, 5) is 28.6. The zero-order valence-electron chi connectivity index (χ0n) is 12.1. The van der Waals surface area contributed by atoms with Gasteiger partial charge in [0.15, 0.2) is 0 Å². The summed E-state index contributed by atoms with van der Waals surface area (Å²) in [6.45, 7) is 5.55. The Kier molecular flexibility index (Phi) is 4.37. The molecule has 0 spiro atoms. The molecule has 0 fully saturated rings. The summed E-state index contributed by atoms with van der Waals surface area (Å²) in [5.74, 6) is -1.41. The summed E-state index contributed by atoms with van der Waals surface area (Å²) >= 11 is 1.28. The number of carboxylic acids is 1. The predicted octanol–water partition coefficient (Wildman–Crippen LogP) is 3.27. The molecule has 0 atom stereocenters. The van der Waals surface area contributed by atoms with E-state index in [2.05, 4.69) is 10.3 Å². The fourth-order valence-electron chi connectivity index (χ4n) is 2.20. The third-order valence-electron chi connectivity index (χ3n) is 3.23. The quantitative estimate of drug-likeness (QED) is 0.908. The molecule has 0 aliphatic rings. The number of carboxylic acid groups (broad SMARTS) is 1. The minimum absolute atomic E-state index is 0.182. The number of nitrogens with zero attached hydrogens (tertiary/aromatic N) is 1. The van der Waals surface area contributed by atoms with Crippen molar-refractivity contribution in [2.45, 2.75) is 27.2 Å². The molecule has 6 heteroatoms. The Morgan fingerprint density at radius 1 is 1.38 bits per heavy atom. The van der Waals surface area contributed by atoms with Crippen molar-refractivity contribution in [1.29, 1.82) is 0 Å². The standard InChI is InChI=1S/C15H16N2O3S/c1-4-10-9(3)21-14(11(10)15(19)20)17-13(18)12-8(2)6-5-7-16-12/h5-7H,4H2,1-3H3,(H,17,18)(H,19,20). The SMILES string of the molecule is CCc1c(C)sc(NC(=O)c2ncccc2C)c1C(=O)O. The number of rotatable bonds is 4. The Labute approximate surface area is 126 Å². The lowest BCUT2D eigenvalue weighted by Crippen LogP contribution is -2.16. The highest BCUT2D eigenvalue weighted by Gasteiger charge is 2.22. The van der Waals surface area contributed by atoms with Gasteiger partial charge in [0, 0.05) is 11.1 Å². The van der Waals surface area contributed by atoms with Gasteiger partial charge >= 0.3 is 5.97 Å². The second-order valence-corrected chi connectivity index (χ2v) is 5.85. The van der Waals surface area contributed by atoms with Crippen molar-refractivity contribution < 1.29 is 14.7 Å². The van der Waals surface area contributed by atoms with Crippen LogP contribution in [0.3, 0.4) is 0 Å². The number of nitrogens with one attached hydrogen (secondary N) is 1. The van der Waals surface area contributed by atoms with E-state index < -0.39 is 5.97 Å². The third-order valence-corrected chi connectivity index (χ3v) is 4.29. The molecule has 0 aliphatic carbocycles. The Bertz CT molecular complexity index is 707. The van der Waals surface area contributed by atoms with Gasteiger partial charge in [-0.2, -0.15) is 0 Å². The second kappa shape index (κ2) is 6.05. The molecule has 5 nitrogen and oxygen atoms in total. The fourth-order valence-corrected chi connectivity index (χ4v) is 3.34. The van der Waals surface area contributed by atoms with Gasteiger partial charge in [0.25, 0.3) is 5.91 Å². The molecule has 1 amide bonds. The molecule has 2 aromatic heterocycles. The molecule has 2 rings (SSSR count). The number of aryl methyl sites for hydroxylation is 2. The molecule has 110 valence electrons. The Morgan fingerprint density at radius 2 is 2.10 bits per heavy atom. The molecule has 0 saturated heterocycles. The summed E-state index contributed by atoms with van der Waals surface area (Å²) < 4.78 is 0. The van der Waals surface area contributed by atoms with E-state index in [0.29, 0.717) is 17.1 Å². The first-order valence-electron chi connectivity index (χ1n) is 6.54. The monoisotopic (exact) mass is 304 g/mol. The molecule has 2 heterocycles. The smallest absolute Gasteiger partial charge is 0.339 e. The number of carbonyl (C=O) groups excluding carboxylic acids is 1. The van der Waals surface area contributed by atoms with Crippen LogP contribution in [0.5, 0.6) is 0 Å². The first-order chi connectivity index (χ1) is 9.95. The highest BCUT2D eigenvalue weighted by molar-refractivity contribution is 7.16. The van der Waals surface area contributed by atoms with Gasteiger partial charge in [-0.05, 0) is 37.5 Å². The van der Waals surface area contributed by atoms with Gasteiger partial charge in [-0.15, -0.1) is 11.3 Å². The number of aromatic carboxylic acids is 1. The van der Waals surface area contributed by atoms with Crippen molar-refractivity contribution in [3.05, 3.63) is 45.6 Å². The van der Waals surface area contributed by atoms with Crippen molar-refractivity contribution in [2.75, 3.05) is 5.32 Å². The topological polar surface area (TPSA) is 79.3 Å². The molecular formula is C15H16N2O3S. The minimum Gasteiger partial charge on any atom is -0.478 e. The van der Waals surface area contributed by atoms with Gasteiger partial charge in [0.1, 0.15) is 10.7 Å². The van der Waals surface area contributed by atoms with Gasteiger partial charge in [0.2, 0.25) is 0 Å². The number of anilines is 1. The maximum Gasteiger partial charge on any atom is 0.339 e. The predicted molar refractivity (Wildman–Crippen MR) is 82.3 cm³/mol. The average Bonchev–Trinajstić information content (AvgIpc) is 2.74. The van der Waals surface area contributed by atoms with Crippen molar-refractivity contribution in [2.24, 2.45) is 0 Å². The Balaban J connectivity index is 2.38. The normalized spacial score (nSPS) is 10.4. The van der Waals surface area contributed by atoms with Crippen molar-refractivity contribution in [3.63, 3.8) is 0 Å². The van der Waals surface area contributed by atoms with Crippen LogP contribution in [0.4, 0.5) is 5.00 Å². The van der Waals surface area contributed by atoms with E-state index in [-0.39, 0.29) is 11.5 Å². The number of thiophene rings is 1. The number of amides is 1. The summed E-state index contributed by atoms with van der Waals surface area (Å²) in [5.41, 5.74) is 2.00. The van der Waals surface area contributed by atoms with E-state index in [0.717, 1.165) is 16.0 Å². The van der Waals surface area contributed by atoms with Crippen molar-refractivity contribution in [3.8, 4) is 0 Å². The highest BCUT2D eigenvalue weighted by Crippen LogP contribution is 2.33. The van der Waals surface area contributed by atoms with Crippen LogP contribution in [0.25, 0.3) is 0 Å².